The molecule has 0 aliphatic heterocycles. The van der Waals surface area contributed by atoms with Gasteiger partial charge >= 0.3 is 0 Å². The van der Waals surface area contributed by atoms with Gasteiger partial charge in [-0.15, -0.1) is 11.8 Å². The van der Waals surface area contributed by atoms with Crippen molar-refractivity contribution in [1.82, 2.24) is 0 Å². The first kappa shape index (κ1) is 12.8. The molecular weight excluding hydrogens is 192 g/mol. The van der Waals surface area contributed by atoms with Crippen LogP contribution in [0.15, 0.2) is 30.3 Å². The molecule has 0 saturated heterocycles. The van der Waals surface area contributed by atoms with E-state index in [1.165, 1.54) is 44.1 Å². The molecule has 0 atom stereocenters. The smallest absolute Gasteiger partial charge is 0.00885 e. The van der Waals surface area contributed by atoms with E-state index in [1.54, 1.807) is 0 Å². The van der Waals surface area contributed by atoms with Gasteiger partial charge in [0.05, 0.1) is 0 Å². The molecule has 0 spiro atoms. The summed E-state index contributed by atoms with van der Waals surface area (Å²) in [5.74, 6) is 6.06. The molecule has 0 amide bonds. The largest absolute Gasteiger partial charge is 0.107 e. The minimum atomic E-state index is 1.08. The molecule has 1 rings (SSSR count). The number of rotatable bonds is 7. The molecule has 0 heterocycles. The molecule has 0 aliphatic carbocycles. The van der Waals surface area contributed by atoms with E-state index in [0.29, 0.717) is 0 Å². The second kappa shape index (κ2) is 9.04. The molecular formula is C16H22. The van der Waals surface area contributed by atoms with E-state index in [2.05, 4.69) is 42.2 Å². The molecule has 0 aromatic heterocycles. The van der Waals surface area contributed by atoms with E-state index >= 15 is 0 Å². The second-order valence-corrected chi connectivity index (χ2v) is 4.18. The second-order valence-electron chi connectivity index (χ2n) is 4.18. The zero-order valence-corrected chi connectivity index (χ0v) is 10.3. The van der Waals surface area contributed by atoms with Crippen LogP contribution in [0.3, 0.4) is 0 Å². The highest BCUT2D eigenvalue weighted by Gasteiger charge is 1.92. The summed E-state index contributed by atoms with van der Waals surface area (Å²) < 4.78 is 0. The third-order valence-corrected chi connectivity index (χ3v) is 2.79. The SMILES string of the molecule is CC#CCCCCCCCc1ccccc1. The fourth-order valence-electron chi connectivity index (χ4n) is 1.84. The Morgan fingerprint density at radius 2 is 1.56 bits per heavy atom. The van der Waals surface area contributed by atoms with Crippen LogP contribution in [0.5, 0.6) is 0 Å². The van der Waals surface area contributed by atoms with Gasteiger partial charge in [0.25, 0.3) is 0 Å². The minimum absolute atomic E-state index is 1.08. The molecule has 0 fully saturated rings. The third kappa shape index (κ3) is 6.30. The zero-order valence-electron chi connectivity index (χ0n) is 10.3. The first-order chi connectivity index (χ1) is 7.93. The van der Waals surface area contributed by atoms with Crippen molar-refractivity contribution in [1.29, 1.82) is 0 Å². The summed E-state index contributed by atoms with van der Waals surface area (Å²) in [6.07, 6.45) is 8.95. The minimum Gasteiger partial charge on any atom is -0.107 e. The van der Waals surface area contributed by atoms with Gasteiger partial charge in [0.15, 0.2) is 0 Å². The molecule has 0 aliphatic rings. The van der Waals surface area contributed by atoms with Gasteiger partial charge in [-0.05, 0) is 31.7 Å². The standard InChI is InChI=1S/C16H22/c1-2-3-4-5-6-7-8-10-13-16-14-11-9-12-15-16/h9,11-12,14-15H,4-8,10,13H2,1H3. The van der Waals surface area contributed by atoms with Crippen molar-refractivity contribution in [2.45, 2.75) is 51.9 Å². The maximum absolute atomic E-state index is 3.12. The topological polar surface area (TPSA) is 0 Å². The monoisotopic (exact) mass is 214 g/mol. The van der Waals surface area contributed by atoms with E-state index in [-0.39, 0.29) is 0 Å². The molecule has 16 heavy (non-hydrogen) atoms. The number of hydrogen-bond acceptors (Lipinski definition) is 0. The summed E-state index contributed by atoms with van der Waals surface area (Å²) >= 11 is 0. The van der Waals surface area contributed by atoms with Gasteiger partial charge in [-0.25, -0.2) is 0 Å². The van der Waals surface area contributed by atoms with Crippen LogP contribution in [0.2, 0.25) is 0 Å². The fourth-order valence-corrected chi connectivity index (χ4v) is 1.84. The summed E-state index contributed by atoms with van der Waals surface area (Å²) in [5.41, 5.74) is 1.47. The van der Waals surface area contributed by atoms with E-state index in [1.807, 2.05) is 6.92 Å². The summed E-state index contributed by atoms with van der Waals surface area (Å²) in [5, 5.41) is 0. The van der Waals surface area contributed by atoms with E-state index in [9.17, 15) is 0 Å². The number of unbranched alkanes of at least 4 members (excludes halogenated alkanes) is 5. The van der Waals surface area contributed by atoms with Crippen molar-refractivity contribution in [3.05, 3.63) is 35.9 Å². The number of benzene rings is 1. The number of hydrogen-bond donors (Lipinski definition) is 0. The Balaban J connectivity index is 1.94. The Hall–Kier alpha value is -1.22. The van der Waals surface area contributed by atoms with Crippen LogP contribution in [0.4, 0.5) is 0 Å². The zero-order chi connectivity index (χ0) is 11.5. The van der Waals surface area contributed by atoms with Crippen molar-refractivity contribution >= 4 is 0 Å². The lowest BCUT2D eigenvalue weighted by atomic mass is 10.1. The third-order valence-electron chi connectivity index (χ3n) is 2.79. The maximum Gasteiger partial charge on any atom is 0.00885 e. The Morgan fingerprint density at radius 3 is 2.31 bits per heavy atom. The van der Waals surface area contributed by atoms with Crippen LogP contribution in [-0.2, 0) is 6.42 Å². The van der Waals surface area contributed by atoms with Crippen molar-refractivity contribution in [3.8, 4) is 11.8 Å². The quantitative estimate of drug-likeness (QED) is 0.460. The number of aryl methyl sites for hydroxylation is 1. The van der Waals surface area contributed by atoms with Crippen molar-refractivity contribution in [2.75, 3.05) is 0 Å². The predicted molar refractivity (Wildman–Crippen MR) is 71.3 cm³/mol. The van der Waals surface area contributed by atoms with Gasteiger partial charge in [0.1, 0.15) is 0 Å². The van der Waals surface area contributed by atoms with Crippen LogP contribution >= 0.6 is 0 Å². The Labute approximate surface area is 100 Å². The van der Waals surface area contributed by atoms with Crippen LogP contribution < -0.4 is 0 Å². The molecule has 0 bridgehead atoms. The van der Waals surface area contributed by atoms with Gasteiger partial charge in [-0.3, -0.25) is 0 Å². The summed E-state index contributed by atoms with van der Waals surface area (Å²) in [7, 11) is 0. The lowest BCUT2D eigenvalue weighted by molar-refractivity contribution is 0.620. The molecule has 0 nitrogen and oxygen atoms in total. The van der Waals surface area contributed by atoms with Crippen molar-refractivity contribution < 1.29 is 0 Å². The average Bonchev–Trinajstić information content (AvgIpc) is 2.34. The first-order valence-corrected chi connectivity index (χ1v) is 6.37. The molecule has 0 radical (unpaired) electrons. The lowest BCUT2D eigenvalue weighted by Crippen LogP contribution is -1.85. The molecule has 0 saturated carbocycles. The van der Waals surface area contributed by atoms with Crippen LogP contribution in [0.25, 0.3) is 0 Å². The van der Waals surface area contributed by atoms with Gasteiger partial charge < -0.3 is 0 Å². The van der Waals surface area contributed by atoms with E-state index < -0.39 is 0 Å². The van der Waals surface area contributed by atoms with Crippen LogP contribution in [-0.4, -0.2) is 0 Å². The molecule has 0 unspecified atom stereocenters. The molecule has 1 aromatic rings. The lowest BCUT2D eigenvalue weighted by Gasteiger charge is -2.01. The first-order valence-electron chi connectivity index (χ1n) is 6.37. The predicted octanol–water partition coefficient (Wildman–Crippen LogP) is 4.59. The van der Waals surface area contributed by atoms with E-state index in [0.717, 1.165) is 6.42 Å². The van der Waals surface area contributed by atoms with E-state index in [4.69, 9.17) is 0 Å². The highest BCUT2D eigenvalue weighted by Crippen LogP contribution is 2.09. The fraction of sp³-hybridized carbons (Fsp3) is 0.500. The van der Waals surface area contributed by atoms with Crippen LogP contribution in [0.1, 0.15) is 51.0 Å². The Morgan fingerprint density at radius 1 is 0.875 bits per heavy atom. The van der Waals surface area contributed by atoms with Gasteiger partial charge in [0, 0.05) is 6.42 Å². The molecule has 1 aromatic carbocycles. The van der Waals surface area contributed by atoms with Gasteiger partial charge in [0.2, 0.25) is 0 Å². The van der Waals surface area contributed by atoms with Crippen molar-refractivity contribution in [2.24, 2.45) is 0 Å². The summed E-state index contributed by atoms with van der Waals surface area (Å²) in [6.45, 7) is 1.92. The van der Waals surface area contributed by atoms with Crippen LogP contribution in [0, 0.1) is 11.8 Å². The molecule has 86 valence electrons. The molecule has 0 N–H and O–H groups in total. The summed E-state index contributed by atoms with van der Waals surface area (Å²) in [6, 6.07) is 10.8. The highest BCUT2D eigenvalue weighted by molar-refractivity contribution is 5.14. The Kier molecular flexibility index (Phi) is 7.26. The normalized spacial score (nSPS) is 9.56. The summed E-state index contributed by atoms with van der Waals surface area (Å²) in [4.78, 5) is 0. The highest BCUT2D eigenvalue weighted by atomic mass is 14.0. The maximum atomic E-state index is 3.12. The average molecular weight is 214 g/mol. The Bertz CT molecular complexity index is 313. The van der Waals surface area contributed by atoms with Gasteiger partial charge in [-0.2, -0.15) is 0 Å². The van der Waals surface area contributed by atoms with Gasteiger partial charge in [-0.1, -0.05) is 49.6 Å². The van der Waals surface area contributed by atoms with Crippen molar-refractivity contribution in [3.63, 3.8) is 0 Å². The molecule has 0 heteroatoms.